The Morgan fingerprint density at radius 1 is 1.10 bits per heavy atom. The average Bonchev–Trinajstić information content (AvgIpc) is 2.49. The van der Waals surface area contributed by atoms with Crippen molar-refractivity contribution in [2.24, 2.45) is 0 Å². The summed E-state index contributed by atoms with van der Waals surface area (Å²) in [6, 6.07) is 18.5. The summed E-state index contributed by atoms with van der Waals surface area (Å²) in [5.41, 5.74) is 2.19. The van der Waals surface area contributed by atoms with Crippen molar-refractivity contribution in [2.45, 2.75) is 18.6 Å². The van der Waals surface area contributed by atoms with Crippen molar-refractivity contribution in [1.82, 2.24) is 0 Å². The van der Waals surface area contributed by atoms with E-state index in [-0.39, 0.29) is 6.42 Å². The van der Waals surface area contributed by atoms with Gasteiger partial charge in [0.2, 0.25) is 10.0 Å². The summed E-state index contributed by atoms with van der Waals surface area (Å²) in [6.07, 6.45) is 0.249. The largest absolute Gasteiger partial charge is 0.282 e. The Hall–Kier alpha value is -2.32. The summed E-state index contributed by atoms with van der Waals surface area (Å²) < 4.78 is 27.0. The van der Waals surface area contributed by atoms with Gasteiger partial charge in [0, 0.05) is 5.56 Å². The minimum atomic E-state index is -3.72. The Morgan fingerprint density at radius 2 is 1.71 bits per heavy atom. The molecular formula is C16H16N2O2S. The van der Waals surface area contributed by atoms with E-state index in [1.54, 1.807) is 19.1 Å². The Labute approximate surface area is 125 Å². The van der Waals surface area contributed by atoms with E-state index in [0.717, 1.165) is 11.1 Å². The summed E-state index contributed by atoms with van der Waals surface area (Å²) >= 11 is 0. The zero-order valence-electron chi connectivity index (χ0n) is 11.7. The second-order valence-electron chi connectivity index (χ2n) is 4.58. The minimum Gasteiger partial charge on any atom is -0.282 e. The van der Waals surface area contributed by atoms with Crippen LogP contribution in [-0.2, 0) is 10.0 Å². The summed E-state index contributed by atoms with van der Waals surface area (Å²) in [5, 5.41) is 7.90. The third-order valence-corrected chi connectivity index (χ3v) is 4.85. The maximum atomic E-state index is 12.2. The van der Waals surface area contributed by atoms with Gasteiger partial charge in [-0.05, 0) is 18.1 Å². The molecule has 0 heterocycles. The predicted octanol–water partition coefficient (Wildman–Crippen LogP) is 3.40. The van der Waals surface area contributed by atoms with Crippen LogP contribution in [0.3, 0.4) is 0 Å². The first-order valence-corrected chi connectivity index (χ1v) is 8.19. The lowest BCUT2D eigenvalue weighted by molar-refractivity contribution is 0.593. The number of anilines is 1. The molecule has 2 aromatic rings. The molecule has 0 radical (unpaired) electrons. The molecule has 0 spiro atoms. The van der Waals surface area contributed by atoms with Gasteiger partial charge in [-0.1, -0.05) is 55.5 Å². The van der Waals surface area contributed by atoms with Gasteiger partial charge >= 0.3 is 0 Å². The number of nitrogens with one attached hydrogen (secondary N) is 1. The number of sulfonamides is 1. The van der Waals surface area contributed by atoms with Gasteiger partial charge in [0.15, 0.2) is 5.25 Å². The smallest absolute Gasteiger partial charge is 0.249 e. The van der Waals surface area contributed by atoms with E-state index < -0.39 is 15.3 Å². The van der Waals surface area contributed by atoms with Crippen molar-refractivity contribution in [1.29, 1.82) is 5.26 Å². The van der Waals surface area contributed by atoms with Crippen LogP contribution in [-0.4, -0.2) is 13.7 Å². The summed E-state index contributed by atoms with van der Waals surface area (Å²) in [5.74, 6) is 0. The number of para-hydroxylation sites is 1. The zero-order chi connectivity index (χ0) is 15.3. The highest BCUT2D eigenvalue weighted by Gasteiger charge is 2.24. The monoisotopic (exact) mass is 300 g/mol. The summed E-state index contributed by atoms with van der Waals surface area (Å²) in [6.45, 7) is 1.68. The molecule has 2 aromatic carbocycles. The molecule has 0 saturated heterocycles. The molecule has 0 aliphatic carbocycles. The van der Waals surface area contributed by atoms with Crippen LogP contribution >= 0.6 is 0 Å². The van der Waals surface area contributed by atoms with Crippen molar-refractivity contribution < 1.29 is 8.42 Å². The van der Waals surface area contributed by atoms with Crippen LogP contribution in [0.2, 0.25) is 0 Å². The van der Waals surface area contributed by atoms with Crippen molar-refractivity contribution >= 4 is 15.7 Å². The van der Waals surface area contributed by atoms with E-state index in [0.29, 0.717) is 5.69 Å². The molecule has 4 nitrogen and oxygen atoms in total. The second kappa shape index (κ2) is 6.42. The highest BCUT2D eigenvalue weighted by molar-refractivity contribution is 7.93. The fourth-order valence-corrected chi connectivity index (χ4v) is 3.25. The number of hydrogen-bond donors (Lipinski definition) is 1. The van der Waals surface area contributed by atoms with Crippen LogP contribution in [0.15, 0.2) is 54.6 Å². The lowest BCUT2D eigenvalue weighted by Crippen LogP contribution is -2.26. The normalized spacial score (nSPS) is 12.4. The Morgan fingerprint density at radius 3 is 2.33 bits per heavy atom. The standard InChI is InChI=1S/C16H16N2O2S/c1-2-14(12-17)21(19,20)18-16-11-7-6-10-15(16)13-8-4-3-5-9-13/h3-11,14,18H,2H2,1H3. The molecule has 2 rings (SSSR count). The summed E-state index contributed by atoms with van der Waals surface area (Å²) in [4.78, 5) is 0. The van der Waals surface area contributed by atoms with Gasteiger partial charge in [-0.15, -0.1) is 0 Å². The lowest BCUT2D eigenvalue weighted by Gasteiger charge is -2.14. The van der Waals surface area contributed by atoms with E-state index in [4.69, 9.17) is 5.26 Å². The molecule has 108 valence electrons. The van der Waals surface area contributed by atoms with Gasteiger partial charge < -0.3 is 0 Å². The number of benzene rings is 2. The van der Waals surface area contributed by atoms with Gasteiger partial charge in [0.05, 0.1) is 11.8 Å². The highest BCUT2D eigenvalue weighted by atomic mass is 32.2. The first-order valence-electron chi connectivity index (χ1n) is 6.64. The third kappa shape index (κ3) is 3.41. The maximum Gasteiger partial charge on any atom is 0.249 e. The van der Waals surface area contributed by atoms with Crippen molar-refractivity contribution in [3.05, 3.63) is 54.6 Å². The average molecular weight is 300 g/mol. The van der Waals surface area contributed by atoms with E-state index in [1.807, 2.05) is 48.5 Å². The van der Waals surface area contributed by atoms with Crippen molar-refractivity contribution in [2.75, 3.05) is 4.72 Å². The Balaban J connectivity index is 2.41. The molecule has 0 amide bonds. The molecule has 0 aliphatic rings. The first kappa shape index (κ1) is 15.1. The van der Waals surface area contributed by atoms with Gasteiger partial charge in [-0.3, -0.25) is 4.72 Å². The first-order chi connectivity index (χ1) is 10.1. The predicted molar refractivity (Wildman–Crippen MR) is 84.1 cm³/mol. The molecule has 0 bridgehead atoms. The van der Waals surface area contributed by atoms with Gasteiger partial charge in [0.1, 0.15) is 0 Å². The molecule has 0 aromatic heterocycles. The Bertz CT molecular complexity index is 749. The molecule has 1 N–H and O–H groups in total. The van der Waals surface area contributed by atoms with Crippen molar-refractivity contribution in [3.63, 3.8) is 0 Å². The van der Waals surface area contributed by atoms with Crippen LogP contribution in [0.5, 0.6) is 0 Å². The van der Waals surface area contributed by atoms with Crippen LogP contribution in [0.25, 0.3) is 11.1 Å². The second-order valence-corrected chi connectivity index (χ2v) is 6.45. The van der Waals surface area contributed by atoms with Crippen molar-refractivity contribution in [3.8, 4) is 17.2 Å². The van der Waals surface area contributed by atoms with E-state index in [1.165, 1.54) is 0 Å². The van der Waals surface area contributed by atoms with Crippen LogP contribution in [0, 0.1) is 11.3 Å². The fraction of sp³-hybridized carbons (Fsp3) is 0.188. The number of nitriles is 1. The zero-order valence-corrected chi connectivity index (χ0v) is 12.5. The molecule has 0 saturated carbocycles. The number of hydrogen-bond acceptors (Lipinski definition) is 3. The molecule has 0 fully saturated rings. The number of rotatable bonds is 5. The molecule has 1 atom stereocenters. The minimum absolute atomic E-state index is 0.249. The van der Waals surface area contributed by atoms with E-state index in [2.05, 4.69) is 4.72 Å². The van der Waals surface area contributed by atoms with Crippen LogP contribution < -0.4 is 4.72 Å². The van der Waals surface area contributed by atoms with Gasteiger partial charge in [-0.25, -0.2) is 8.42 Å². The molecule has 21 heavy (non-hydrogen) atoms. The number of nitrogens with zero attached hydrogens (tertiary/aromatic N) is 1. The molecule has 0 aliphatic heterocycles. The molecule has 5 heteroatoms. The summed E-state index contributed by atoms with van der Waals surface area (Å²) in [7, 11) is -3.72. The fourth-order valence-electron chi connectivity index (χ4n) is 2.05. The molecule has 1 unspecified atom stereocenters. The van der Waals surface area contributed by atoms with Crippen LogP contribution in [0.1, 0.15) is 13.3 Å². The topological polar surface area (TPSA) is 70.0 Å². The highest BCUT2D eigenvalue weighted by Crippen LogP contribution is 2.28. The quantitative estimate of drug-likeness (QED) is 0.920. The van der Waals surface area contributed by atoms with Gasteiger partial charge in [-0.2, -0.15) is 5.26 Å². The van der Waals surface area contributed by atoms with E-state index in [9.17, 15) is 8.42 Å². The SMILES string of the molecule is CCC(C#N)S(=O)(=O)Nc1ccccc1-c1ccccc1. The third-order valence-electron chi connectivity index (χ3n) is 3.15. The molecular weight excluding hydrogens is 284 g/mol. The maximum absolute atomic E-state index is 12.2. The van der Waals surface area contributed by atoms with Crippen LogP contribution in [0.4, 0.5) is 5.69 Å². The van der Waals surface area contributed by atoms with Gasteiger partial charge in [0.25, 0.3) is 0 Å². The Kier molecular flexibility index (Phi) is 4.61. The van der Waals surface area contributed by atoms with E-state index >= 15 is 0 Å². The lowest BCUT2D eigenvalue weighted by atomic mass is 10.0.